The Morgan fingerprint density at radius 2 is 1.60 bits per heavy atom. The molecule has 0 heteroatoms. The predicted octanol–water partition coefficient (Wildman–Crippen LogP) is 6.59. The van der Waals surface area contributed by atoms with Crippen LogP contribution < -0.4 is 0 Å². The van der Waals surface area contributed by atoms with E-state index in [4.69, 9.17) is 0 Å². The van der Waals surface area contributed by atoms with Crippen molar-refractivity contribution in [1.82, 2.24) is 0 Å². The van der Waals surface area contributed by atoms with Gasteiger partial charge in [-0.05, 0) is 75.8 Å². The van der Waals surface area contributed by atoms with E-state index in [1.54, 1.807) is 5.57 Å². The fourth-order valence-electron chi connectivity index (χ4n) is 4.69. The molecule has 0 nitrogen and oxygen atoms in total. The van der Waals surface area contributed by atoms with Gasteiger partial charge in [-0.25, -0.2) is 0 Å². The van der Waals surface area contributed by atoms with Gasteiger partial charge >= 0.3 is 0 Å². The standard InChI is InChI=1S/C25H24/c1-3-16(2)20-14-19-7-5-8-21(24(19)15-20)22-13-12-18-11-10-17-6-4-9-23(22)25(17)18/h4-9,12-13,15-16H,3,10-11,14H2,1-2H3. The van der Waals surface area contributed by atoms with Crippen LogP contribution in [0.2, 0.25) is 0 Å². The predicted molar refractivity (Wildman–Crippen MR) is 108 cm³/mol. The number of allylic oxidation sites excluding steroid dienone is 1. The van der Waals surface area contributed by atoms with Crippen LogP contribution in [0, 0.1) is 5.92 Å². The summed E-state index contributed by atoms with van der Waals surface area (Å²) in [7, 11) is 0. The molecular weight excluding hydrogens is 300 g/mol. The van der Waals surface area contributed by atoms with Crippen LogP contribution in [-0.4, -0.2) is 0 Å². The molecule has 0 N–H and O–H groups in total. The highest BCUT2D eigenvalue weighted by molar-refractivity contribution is 6.03. The van der Waals surface area contributed by atoms with Crippen molar-refractivity contribution in [1.29, 1.82) is 0 Å². The highest BCUT2D eigenvalue weighted by atomic mass is 14.3. The first kappa shape index (κ1) is 15.0. The molecule has 5 rings (SSSR count). The smallest absolute Gasteiger partial charge is 0.00549 e. The van der Waals surface area contributed by atoms with Gasteiger partial charge in [-0.1, -0.05) is 74.0 Å². The van der Waals surface area contributed by atoms with Crippen molar-refractivity contribution in [3.63, 3.8) is 0 Å². The largest absolute Gasteiger partial charge is 0.0648 e. The van der Waals surface area contributed by atoms with Gasteiger partial charge in [0.05, 0.1) is 0 Å². The van der Waals surface area contributed by atoms with E-state index in [9.17, 15) is 0 Å². The van der Waals surface area contributed by atoms with Gasteiger partial charge in [-0.3, -0.25) is 0 Å². The molecule has 25 heavy (non-hydrogen) atoms. The molecule has 1 atom stereocenters. The summed E-state index contributed by atoms with van der Waals surface area (Å²) < 4.78 is 0. The third-order valence-corrected chi connectivity index (χ3v) is 6.33. The minimum absolute atomic E-state index is 0.674. The lowest BCUT2D eigenvalue weighted by molar-refractivity contribution is 0.647. The lowest BCUT2D eigenvalue weighted by Crippen LogP contribution is -1.96. The van der Waals surface area contributed by atoms with Crippen molar-refractivity contribution in [2.75, 3.05) is 0 Å². The van der Waals surface area contributed by atoms with E-state index in [2.05, 4.69) is 68.5 Å². The minimum atomic E-state index is 0.674. The third-order valence-electron chi connectivity index (χ3n) is 6.33. The van der Waals surface area contributed by atoms with Crippen molar-refractivity contribution in [3.8, 4) is 11.1 Å². The first-order valence-corrected chi connectivity index (χ1v) is 9.62. The molecule has 0 radical (unpaired) electrons. The maximum atomic E-state index is 2.47. The van der Waals surface area contributed by atoms with E-state index in [0.29, 0.717) is 5.92 Å². The Morgan fingerprint density at radius 3 is 2.44 bits per heavy atom. The monoisotopic (exact) mass is 324 g/mol. The molecule has 0 spiro atoms. The van der Waals surface area contributed by atoms with Crippen molar-refractivity contribution in [3.05, 3.63) is 76.4 Å². The fraction of sp³-hybridized carbons (Fsp3) is 0.280. The first-order valence-electron chi connectivity index (χ1n) is 9.62. The zero-order chi connectivity index (χ0) is 17.0. The number of aryl methyl sites for hydroxylation is 2. The highest BCUT2D eigenvalue weighted by Crippen LogP contribution is 2.41. The Morgan fingerprint density at radius 1 is 0.840 bits per heavy atom. The van der Waals surface area contributed by atoms with E-state index >= 15 is 0 Å². The third kappa shape index (κ3) is 2.20. The summed E-state index contributed by atoms with van der Waals surface area (Å²) in [5.41, 5.74) is 10.4. The summed E-state index contributed by atoms with van der Waals surface area (Å²) >= 11 is 0. The van der Waals surface area contributed by atoms with E-state index in [1.165, 1.54) is 63.4 Å². The van der Waals surface area contributed by atoms with Gasteiger partial charge in [-0.15, -0.1) is 0 Å². The van der Waals surface area contributed by atoms with E-state index in [0.717, 1.165) is 6.42 Å². The van der Waals surface area contributed by atoms with Gasteiger partial charge in [0, 0.05) is 0 Å². The quantitative estimate of drug-likeness (QED) is 0.510. The second kappa shape index (κ2) is 5.59. The zero-order valence-electron chi connectivity index (χ0n) is 15.1. The van der Waals surface area contributed by atoms with Gasteiger partial charge < -0.3 is 0 Å². The second-order valence-electron chi connectivity index (χ2n) is 7.70. The fourth-order valence-corrected chi connectivity index (χ4v) is 4.69. The number of fused-ring (bicyclic) bond motifs is 1. The summed E-state index contributed by atoms with van der Waals surface area (Å²) in [6, 6.07) is 18.4. The van der Waals surface area contributed by atoms with Gasteiger partial charge in [0.2, 0.25) is 0 Å². The lowest BCUT2D eigenvalue weighted by atomic mass is 9.91. The molecule has 0 fully saturated rings. The van der Waals surface area contributed by atoms with Crippen LogP contribution in [0.4, 0.5) is 0 Å². The first-order chi connectivity index (χ1) is 12.3. The van der Waals surface area contributed by atoms with Crippen LogP contribution in [0.1, 0.15) is 42.5 Å². The molecule has 124 valence electrons. The Kier molecular flexibility index (Phi) is 3.35. The van der Waals surface area contributed by atoms with E-state index < -0.39 is 0 Å². The van der Waals surface area contributed by atoms with Crippen LogP contribution in [0.25, 0.3) is 28.0 Å². The van der Waals surface area contributed by atoms with Gasteiger partial charge in [-0.2, -0.15) is 0 Å². The average Bonchev–Trinajstić information content (AvgIpc) is 3.27. The summed E-state index contributed by atoms with van der Waals surface area (Å²) in [5.74, 6) is 0.674. The van der Waals surface area contributed by atoms with Crippen molar-refractivity contribution in [2.24, 2.45) is 5.92 Å². The molecule has 0 aliphatic heterocycles. The molecule has 3 aromatic rings. The molecule has 0 saturated heterocycles. The van der Waals surface area contributed by atoms with Crippen LogP contribution in [0.3, 0.4) is 0 Å². The van der Waals surface area contributed by atoms with Crippen LogP contribution in [-0.2, 0) is 19.3 Å². The van der Waals surface area contributed by atoms with Gasteiger partial charge in [0.25, 0.3) is 0 Å². The lowest BCUT2D eigenvalue weighted by Gasteiger charge is -2.12. The number of hydrogen-bond donors (Lipinski definition) is 0. The van der Waals surface area contributed by atoms with Crippen LogP contribution >= 0.6 is 0 Å². The zero-order valence-corrected chi connectivity index (χ0v) is 15.1. The summed E-state index contributed by atoms with van der Waals surface area (Å²) in [5, 5.41) is 2.95. The van der Waals surface area contributed by atoms with E-state index in [-0.39, 0.29) is 0 Å². The highest BCUT2D eigenvalue weighted by Gasteiger charge is 2.22. The Hall–Kier alpha value is -2.34. The van der Waals surface area contributed by atoms with Crippen molar-refractivity contribution >= 4 is 16.8 Å². The van der Waals surface area contributed by atoms with Gasteiger partial charge in [0.1, 0.15) is 0 Å². The number of benzene rings is 3. The minimum Gasteiger partial charge on any atom is -0.0648 e. The Balaban J connectivity index is 1.74. The molecule has 2 aliphatic carbocycles. The molecule has 0 amide bonds. The molecular formula is C25H24. The molecule has 0 heterocycles. The van der Waals surface area contributed by atoms with Crippen LogP contribution in [0.5, 0.6) is 0 Å². The summed E-state index contributed by atoms with van der Waals surface area (Å²) in [4.78, 5) is 0. The molecule has 2 aliphatic rings. The summed E-state index contributed by atoms with van der Waals surface area (Å²) in [6.07, 6.45) is 7.21. The Labute approximate surface area is 150 Å². The topological polar surface area (TPSA) is 0 Å². The molecule has 1 unspecified atom stereocenters. The van der Waals surface area contributed by atoms with Crippen molar-refractivity contribution < 1.29 is 0 Å². The molecule has 0 bridgehead atoms. The van der Waals surface area contributed by atoms with Crippen molar-refractivity contribution in [2.45, 2.75) is 39.5 Å². The van der Waals surface area contributed by atoms with Gasteiger partial charge in [0.15, 0.2) is 0 Å². The molecule has 3 aromatic carbocycles. The Bertz CT molecular complexity index is 1010. The molecule has 0 aromatic heterocycles. The van der Waals surface area contributed by atoms with Crippen LogP contribution in [0.15, 0.2) is 54.1 Å². The van der Waals surface area contributed by atoms with E-state index in [1.807, 2.05) is 0 Å². The summed E-state index contributed by atoms with van der Waals surface area (Å²) in [6.45, 7) is 4.65. The normalized spacial score (nSPS) is 16.2. The number of hydrogen-bond acceptors (Lipinski definition) is 0. The SMILES string of the molecule is CCC(C)C1=Cc2c(cccc2-c2ccc3c4c(cccc24)CC3)C1. The maximum Gasteiger partial charge on any atom is -0.00549 e. The second-order valence-corrected chi connectivity index (χ2v) is 7.70. The maximum absolute atomic E-state index is 2.47. The average molecular weight is 324 g/mol. The molecule has 0 saturated carbocycles. The number of rotatable bonds is 3.